The van der Waals surface area contributed by atoms with Crippen LogP contribution < -0.4 is 19.7 Å². The quantitative estimate of drug-likeness (QED) is 0.671. The minimum absolute atomic E-state index is 0.0307. The Morgan fingerprint density at radius 2 is 1.52 bits per heavy atom. The predicted molar refractivity (Wildman–Crippen MR) is 124 cm³/mol. The minimum Gasteiger partial charge on any atom is -0.497 e. The van der Waals surface area contributed by atoms with Crippen molar-refractivity contribution in [2.75, 3.05) is 24.4 Å². The summed E-state index contributed by atoms with van der Waals surface area (Å²) in [6.07, 6.45) is 4.05. The molecule has 1 heterocycles. The van der Waals surface area contributed by atoms with Crippen molar-refractivity contribution in [3.05, 3.63) is 71.6 Å². The lowest BCUT2D eigenvalue weighted by molar-refractivity contribution is -0.114. The van der Waals surface area contributed by atoms with Gasteiger partial charge in [0, 0.05) is 16.9 Å². The van der Waals surface area contributed by atoms with Crippen LogP contribution in [0, 0.1) is 11.3 Å². The number of carbonyl (C=O) groups is 1. The molecule has 5 heteroatoms. The Balaban J connectivity index is 1.73. The van der Waals surface area contributed by atoms with Crippen molar-refractivity contribution >= 4 is 17.3 Å². The maximum Gasteiger partial charge on any atom is 0.279 e. The number of methoxy groups -OCH3 is 2. The van der Waals surface area contributed by atoms with E-state index >= 15 is 0 Å². The van der Waals surface area contributed by atoms with Crippen molar-refractivity contribution in [1.82, 2.24) is 0 Å². The molecule has 1 aliphatic heterocycles. The van der Waals surface area contributed by atoms with Gasteiger partial charge in [-0.15, -0.1) is 0 Å². The highest BCUT2D eigenvalue weighted by Gasteiger charge is 2.41. The van der Waals surface area contributed by atoms with Crippen molar-refractivity contribution in [3.8, 4) is 11.5 Å². The molecule has 0 spiro atoms. The van der Waals surface area contributed by atoms with Gasteiger partial charge in [-0.25, -0.2) is 0 Å². The highest BCUT2D eigenvalue weighted by atomic mass is 16.5. The van der Waals surface area contributed by atoms with Gasteiger partial charge in [0.15, 0.2) is 0 Å². The van der Waals surface area contributed by atoms with Gasteiger partial charge >= 0.3 is 0 Å². The zero-order chi connectivity index (χ0) is 22.2. The molecule has 31 heavy (non-hydrogen) atoms. The van der Waals surface area contributed by atoms with Gasteiger partial charge < -0.3 is 14.8 Å². The minimum atomic E-state index is -0.0307. The highest BCUT2D eigenvalue weighted by molar-refractivity contribution is 6.15. The maximum atomic E-state index is 13.6. The second-order valence-corrected chi connectivity index (χ2v) is 9.14. The smallest absolute Gasteiger partial charge is 0.279 e. The second kappa shape index (κ2) is 8.14. The van der Waals surface area contributed by atoms with Gasteiger partial charge in [-0.2, -0.15) is 0 Å². The number of ether oxygens (including phenoxy) is 2. The molecule has 0 saturated heterocycles. The molecule has 1 aliphatic carbocycles. The normalized spacial score (nSPS) is 18.6. The SMILES string of the molecule is COc1ccc(NC2=C3C[C@H](C(C)(C)C)CC=C3N(c3ccc(OC)cc3)C2=O)cc1. The molecular weight excluding hydrogens is 388 g/mol. The Morgan fingerprint density at radius 3 is 2.06 bits per heavy atom. The first-order valence-electron chi connectivity index (χ1n) is 10.6. The third-order valence-electron chi connectivity index (χ3n) is 6.23. The Kier molecular flexibility index (Phi) is 5.52. The molecule has 1 atom stereocenters. The number of rotatable bonds is 5. The number of benzene rings is 2. The largest absolute Gasteiger partial charge is 0.497 e. The van der Waals surface area contributed by atoms with Crippen molar-refractivity contribution in [3.63, 3.8) is 0 Å². The van der Waals surface area contributed by atoms with Gasteiger partial charge in [0.25, 0.3) is 5.91 Å². The average molecular weight is 419 g/mol. The highest BCUT2D eigenvalue weighted by Crippen LogP contribution is 2.46. The third-order valence-corrected chi connectivity index (χ3v) is 6.23. The molecule has 0 radical (unpaired) electrons. The summed E-state index contributed by atoms with van der Waals surface area (Å²) in [4.78, 5) is 15.4. The number of anilines is 2. The summed E-state index contributed by atoms with van der Waals surface area (Å²) in [5, 5.41) is 3.40. The summed E-state index contributed by atoms with van der Waals surface area (Å²) in [6, 6.07) is 15.3. The number of hydrogen-bond acceptors (Lipinski definition) is 4. The van der Waals surface area contributed by atoms with Crippen LogP contribution in [-0.2, 0) is 4.79 Å². The molecule has 5 nitrogen and oxygen atoms in total. The van der Waals surface area contributed by atoms with Gasteiger partial charge in [-0.3, -0.25) is 9.69 Å². The average Bonchev–Trinajstić information content (AvgIpc) is 3.04. The molecule has 162 valence electrons. The number of fused-ring (bicyclic) bond motifs is 1. The van der Waals surface area contributed by atoms with Crippen LogP contribution >= 0.6 is 0 Å². The number of nitrogens with one attached hydrogen (secondary N) is 1. The van der Waals surface area contributed by atoms with Crippen molar-refractivity contribution < 1.29 is 14.3 Å². The van der Waals surface area contributed by atoms with E-state index in [9.17, 15) is 4.79 Å². The Morgan fingerprint density at radius 1 is 0.935 bits per heavy atom. The molecule has 1 amide bonds. The van der Waals surface area contributed by atoms with Gasteiger partial charge in [-0.05, 0) is 72.7 Å². The molecule has 0 fully saturated rings. The van der Waals surface area contributed by atoms with Crippen LogP contribution in [0.5, 0.6) is 11.5 Å². The van der Waals surface area contributed by atoms with Crippen LogP contribution in [0.15, 0.2) is 71.6 Å². The first-order valence-corrected chi connectivity index (χ1v) is 10.6. The van der Waals surface area contributed by atoms with Gasteiger partial charge in [0.1, 0.15) is 17.2 Å². The van der Waals surface area contributed by atoms with Crippen molar-refractivity contribution in [1.29, 1.82) is 0 Å². The van der Waals surface area contributed by atoms with Crippen LogP contribution in [-0.4, -0.2) is 20.1 Å². The summed E-state index contributed by atoms with van der Waals surface area (Å²) < 4.78 is 10.5. The number of amides is 1. The van der Waals surface area contributed by atoms with E-state index in [0.29, 0.717) is 11.6 Å². The van der Waals surface area contributed by atoms with E-state index in [1.165, 1.54) is 0 Å². The number of hydrogen-bond donors (Lipinski definition) is 1. The van der Waals surface area contributed by atoms with Crippen LogP contribution in [0.4, 0.5) is 11.4 Å². The van der Waals surface area contributed by atoms with Crippen LogP contribution in [0.2, 0.25) is 0 Å². The van der Waals surface area contributed by atoms with Gasteiger partial charge in [0.05, 0.1) is 19.9 Å². The fraction of sp³-hybridized carbons (Fsp3) is 0.346. The van der Waals surface area contributed by atoms with Crippen molar-refractivity contribution in [2.24, 2.45) is 11.3 Å². The lowest BCUT2D eigenvalue weighted by Crippen LogP contribution is -2.29. The summed E-state index contributed by atoms with van der Waals surface area (Å²) in [6.45, 7) is 6.81. The summed E-state index contributed by atoms with van der Waals surface area (Å²) >= 11 is 0. The monoisotopic (exact) mass is 418 g/mol. The Bertz CT molecular complexity index is 1030. The zero-order valence-corrected chi connectivity index (χ0v) is 18.9. The van der Waals surface area contributed by atoms with E-state index in [-0.39, 0.29) is 11.3 Å². The molecule has 2 aromatic rings. The summed E-state index contributed by atoms with van der Waals surface area (Å²) in [7, 11) is 3.29. The van der Waals surface area contributed by atoms with E-state index in [2.05, 4.69) is 32.2 Å². The summed E-state index contributed by atoms with van der Waals surface area (Å²) in [5.74, 6) is 2.00. The molecule has 0 unspecified atom stereocenters. The van der Waals surface area contributed by atoms with Crippen LogP contribution in [0.25, 0.3) is 0 Å². The lowest BCUT2D eigenvalue weighted by Gasteiger charge is -2.34. The lowest BCUT2D eigenvalue weighted by atomic mass is 9.72. The maximum absolute atomic E-state index is 13.6. The third kappa shape index (κ3) is 4.05. The second-order valence-electron chi connectivity index (χ2n) is 9.14. The van der Waals surface area contributed by atoms with Crippen LogP contribution in [0.3, 0.4) is 0 Å². The van der Waals surface area contributed by atoms with Gasteiger partial charge in [-0.1, -0.05) is 26.8 Å². The standard InChI is InChI=1S/C26H30N2O3/c1-26(2,3)17-6-15-23-22(16-17)24(27-18-7-11-20(30-4)12-8-18)25(29)28(23)19-9-13-21(31-5)14-10-19/h7-15,17,27H,6,16H2,1-5H3/t17-/m1/s1. The topological polar surface area (TPSA) is 50.8 Å². The van der Waals surface area contributed by atoms with Crippen LogP contribution in [0.1, 0.15) is 33.6 Å². The molecule has 2 aromatic carbocycles. The zero-order valence-electron chi connectivity index (χ0n) is 18.9. The first kappa shape index (κ1) is 21.0. The molecule has 1 N–H and O–H groups in total. The van der Waals surface area contributed by atoms with Gasteiger partial charge in [0.2, 0.25) is 0 Å². The van der Waals surface area contributed by atoms with Crippen molar-refractivity contribution in [2.45, 2.75) is 33.6 Å². The number of carbonyl (C=O) groups excluding carboxylic acids is 1. The first-order chi connectivity index (χ1) is 14.8. The Hall–Kier alpha value is -3.21. The number of allylic oxidation sites excluding steroid dienone is 2. The Labute approximate surface area is 184 Å². The fourth-order valence-corrected chi connectivity index (χ4v) is 4.21. The molecule has 0 saturated carbocycles. The van der Waals surface area contributed by atoms with E-state index in [0.717, 1.165) is 47.0 Å². The molecule has 0 aromatic heterocycles. The molecule has 0 bridgehead atoms. The predicted octanol–water partition coefficient (Wildman–Crippen LogP) is 5.76. The fourth-order valence-electron chi connectivity index (χ4n) is 4.21. The molecular formula is C26H30N2O3. The molecule has 2 aliphatic rings. The van der Waals surface area contributed by atoms with E-state index in [1.807, 2.05) is 53.4 Å². The molecule has 4 rings (SSSR count). The van der Waals surface area contributed by atoms with E-state index in [4.69, 9.17) is 9.47 Å². The van der Waals surface area contributed by atoms with E-state index < -0.39 is 0 Å². The van der Waals surface area contributed by atoms with E-state index in [1.54, 1.807) is 14.2 Å². The summed E-state index contributed by atoms with van der Waals surface area (Å²) in [5.41, 5.74) is 4.60. The number of nitrogens with zero attached hydrogens (tertiary/aromatic N) is 1.